The predicted molar refractivity (Wildman–Crippen MR) is 153 cm³/mol. The van der Waals surface area contributed by atoms with Crippen molar-refractivity contribution in [3.8, 4) is 0 Å². The number of nitrogens with zero attached hydrogens (tertiary/aromatic N) is 1. The Morgan fingerprint density at radius 2 is 2.00 bits per heavy atom. The van der Waals surface area contributed by atoms with Crippen molar-refractivity contribution in [2.45, 2.75) is 117 Å². The van der Waals surface area contributed by atoms with Crippen LogP contribution in [0.1, 0.15) is 80.6 Å². The minimum atomic E-state index is -1.40. The zero-order chi connectivity index (χ0) is 30.0. The van der Waals surface area contributed by atoms with Crippen LogP contribution in [0.25, 0.3) is 0 Å². The minimum Gasteiger partial charge on any atom is -0.457 e. The van der Waals surface area contributed by atoms with Crippen LogP contribution >= 0.6 is 0 Å². The smallest absolute Gasteiger partial charge is 0.309 e. The Labute approximate surface area is 239 Å². The van der Waals surface area contributed by atoms with Gasteiger partial charge in [-0.2, -0.15) is 0 Å². The molecule has 0 aromatic heterocycles. The lowest BCUT2D eigenvalue weighted by molar-refractivity contribution is -0.157. The molecule has 0 spiro atoms. The van der Waals surface area contributed by atoms with Gasteiger partial charge >= 0.3 is 11.9 Å². The second-order valence-corrected chi connectivity index (χ2v) is 11.5. The molecule has 0 aromatic rings. The van der Waals surface area contributed by atoms with Gasteiger partial charge in [-0.1, -0.05) is 57.2 Å². The highest BCUT2D eigenvalue weighted by Gasteiger charge is 2.44. The summed E-state index contributed by atoms with van der Waals surface area (Å²) in [5, 5.41) is 25.5. The third-order valence-electron chi connectivity index (χ3n) is 7.68. The molecule has 9 nitrogen and oxygen atoms in total. The zero-order valence-electron chi connectivity index (χ0n) is 25.3. The van der Waals surface area contributed by atoms with E-state index in [0.717, 1.165) is 24.1 Å². The van der Waals surface area contributed by atoms with Crippen LogP contribution in [0.5, 0.6) is 0 Å². The number of carbonyl (C=O) groups is 2. The summed E-state index contributed by atoms with van der Waals surface area (Å²) < 4.78 is 17.1. The summed E-state index contributed by atoms with van der Waals surface area (Å²) in [6, 6.07) is 0. The van der Waals surface area contributed by atoms with Crippen molar-refractivity contribution < 1.29 is 38.9 Å². The van der Waals surface area contributed by atoms with Gasteiger partial charge in [-0.25, -0.2) is 0 Å². The number of ether oxygens (including phenoxy) is 3. The topological polar surface area (TPSA) is 127 Å². The lowest BCUT2D eigenvalue weighted by atomic mass is 9.88. The summed E-state index contributed by atoms with van der Waals surface area (Å²) in [5.74, 6) is -0.816. The lowest BCUT2D eigenvalue weighted by Crippen LogP contribution is -2.42. The summed E-state index contributed by atoms with van der Waals surface area (Å²) in [5.41, 5.74) is 0.428. The number of carbonyl (C=O) groups excluding carboxylic acids is 2. The van der Waals surface area contributed by atoms with Crippen LogP contribution in [0.3, 0.4) is 0 Å². The average Bonchev–Trinajstić information content (AvgIpc) is 3.64. The quantitative estimate of drug-likeness (QED) is 0.0981. The highest BCUT2D eigenvalue weighted by Crippen LogP contribution is 2.36. The molecule has 2 aliphatic rings. The van der Waals surface area contributed by atoms with Crippen molar-refractivity contribution in [1.82, 2.24) is 0 Å². The molecule has 0 saturated carbocycles. The van der Waals surface area contributed by atoms with Crippen LogP contribution in [-0.2, 0) is 28.6 Å². The normalized spacial score (nSPS) is 33.9. The van der Waals surface area contributed by atoms with Gasteiger partial charge in [0.25, 0.3) is 0 Å². The van der Waals surface area contributed by atoms with Crippen LogP contribution < -0.4 is 0 Å². The first-order valence-electron chi connectivity index (χ1n) is 14.3. The fraction of sp³-hybridized carbons (Fsp3) is 0.710. The van der Waals surface area contributed by atoms with Gasteiger partial charge in [0.2, 0.25) is 0 Å². The Balaban J connectivity index is 2.12. The molecule has 2 aliphatic heterocycles. The van der Waals surface area contributed by atoms with Gasteiger partial charge < -0.3 is 29.3 Å². The molecule has 2 heterocycles. The van der Waals surface area contributed by atoms with Crippen molar-refractivity contribution in [3.63, 3.8) is 0 Å². The fourth-order valence-corrected chi connectivity index (χ4v) is 5.13. The van der Waals surface area contributed by atoms with E-state index in [1.165, 1.54) is 6.92 Å². The number of hydrogen-bond donors (Lipinski definition) is 2. The molecule has 9 unspecified atom stereocenters. The molecule has 0 amide bonds. The van der Waals surface area contributed by atoms with Crippen LogP contribution in [-0.4, -0.2) is 71.1 Å². The van der Waals surface area contributed by atoms with E-state index in [9.17, 15) is 19.8 Å². The summed E-state index contributed by atoms with van der Waals surface area (Å²) in [6.07, 6.45) is 9.12. The number of esters is 2. The first-order chi connectivity index (χ1) is 18.8. The Bertz CT molecular complexity index is 968. The number of epoxide rings is 1. The first-order valence-corrected chi connectivity index (χ1v) is 14.3. The van der Waals surface area contributed by atoms with Crippen molar-refractivity contribution in [3.05, 3.63) is 36.0 Å². The lowest BCUT2D eigenvalue weighted by Gasteiger charge is -2.32. The number of oxime groups is 1. The summed E-state index contributed by atoms with van der Waals surface area (Å²) in [7, 11) is 1.56. The maximum absolute atomic E-state index is 12.6. The van der Waals surface area contributed by atoms with Crippen LogP contribution in [0.4, 0.5) is 0 Å². The molecule has 1 fully saturated rings. The van der Waals surface area contributed by atoms with Crippen LogP contribution in [0.2, 0.25) is 0 Å². The molecule has 226 valence electrons. The van der Waals surface area contributed by atoms with Gasteiger partial charge in [0.05, 0.1) is 30.4 Å². The van der Waals surface area contributed by atoms with E-state index in [1.54, 1.807) is 26.2 Å². The van der Waals surface area contributed by atoms with Crippen molar-refractivity contribution in [1.29, 1.82) is 0 Å². The predicted octanol–water partition coefficient (Wildman–Crippen LogP) is 4.66. The number of rotatable bonds is 10. The summed E-state index contributed by atoms with van der Waals surface area (Å²) >= 11 is 0. The van der Waals surface area contributed by atoms with Crippen LogP contribution in [0.15, 0.2) is 41.1 Å². The second kappa shape index (κ2) is 15.5. The Kier molecular flexibility index (Phi) is 13.1. The monoisotopic (exact) mass is 563 g/mol. The van der Waals surface area contributed by atoms with Crippen LogP contribution in [0, 0.1) is 17.8 Å². The molecule has 0 radical (unpaired) electrons. The maximum atomic E-state index is 12.6. The van der Waals surface area contributed by atoms with Gasteiger partial charge in [0.15, 0.2) is 0 Å². The summed E-state index contributed by atoms with van der Waals surface area (Å²) in [4.78, 5) is 29.3. The van der Waals surface area contributed by atoms with E-state index >= 15 is 0 Å². The molecule has 2 N–H and O–H groups in total. The molecule has 40 heavy (non-hydrogen) atoms. The van der Waals surface area contributed by atoms with Gasteiger partial charge in [0, 0.05) is 18.8 Å². The first kappa shape index (κ1) is 33.7. The number of allylic oxidation sites excluding steroid dienone is 3. The Hall–Kier alpha value is -2.49. The Morgan fingerprint density at radius 1 is 1.30 bits per heavy atom. The van der Waals surface area contributed by atoms with E-state index in [4.69, 9.17) is 19.0 Å². The molecule has 0 aliphatic carbocycles. The van der Waals surface area contributed by atoms with Gasteiger partial charge in [-0.15, -0.1) is 0 Å². The average molecular weight is 564 g/mol. The van der Waals surface area contributed by atoms with Gasteiger partial charge in [0.1, 0.15) is 24.9 Å². The Morgan fingerprint density at radius 3 is 2.62 bits per heavy atom. The summed E-state index contributed by atoms with van der Waals surface area (Å²) in [6.45, 7) is 12.9. The largest absolute Gasteiger partial charge is 0.457 e. The van der Waals surface area contributed by atoms with Gasteiger partial charge in [-0.05, 0) is 57.1 Å². The molecule has 0 bridgehead atoms. The van der Waals surface area contributed by atoms with Crippen molar-refractivity contribution in [2.75, 3.05) is 7.11 Å². The van der Waals surface area contributed by atoms with Crippen molar-refractivity contribution >= 4 is 17.7 Å². The second-order valence-electron chi connectivity index (χ2n) is 11.5. The molecule has 2 rings (SSSR count). The highest BCUT2D eigenvalue weighted by molar-refractivity contribution is 5.86. The third kappa shape index (κ3) is 10.5. The maximum Gasteiger partial charge on any atom is 0.309 e. The molecule has 9 atom stereocenters. The zero-order valence-corrected chi connectivity index (χ0v) is 25.3. The van der Waals surface area contributed by atoms with Crippen molar-refractivity contribution in [2.24, 2.45) is 22.9 Å². The molecular weight excluding hydrogens is 514 g/mol. The van der Waals surface area contributed by atoms with E-state index < -0.39 is 35.9 Å². The number of aliphatic hydroxyl groups excluding tert-OH is 1. The highest BCUT2D eigenvalue weighted by atomic mass is 16.6. The van der Waals surface area contributed by atoms with E-state index in [1.807, 2.05) is 26.0 Å². The molecular formula is C31H49NO8. The minimum absolute atomic E-state index is 0.148. The number of aliphatic hydroxyl groups is 2. The fourth-order valence-electron chi connectivity index (χ4n) is 5.13. The molecule has 1 saturated heterocycles. The van der Waals surface area contributed by atoms with Gasteiger partial charge in [-0.3, -0.25) is 9.59 Å². The number of cyclic esters (lactones) is 1. The SMILES string of the molecule is CCC(=NOC)C(C)C1OC1CC(C)C=CC=C(C)C1OC(=O)CC(O)CCC(C)(O)C(OC(C)=O)C=CC1C. The standard InChI is InChI=1S/C31H49NO8/c1-9-25(32-37-8)22(5)30-26(39-30)17-19(2)11-10-12-20(3)29-21(4)13-14-27(38-23(6)33)31(7,36)16-15-24(34)18-28(35)40-29/h10-14,19,21-22,24,26-27,29-30,34,36H,9,15-18H2,1-8H3. The van der Waals surface area contributed by atoms with E-state index in [-0.39, 0.29) is 49.2 Å². The third-order valence-corrected chi connectivity index (χ3v) is 7.68. The molecule has 9 heteroatoms. The number of hydrogen-bond acceptors (Lipinski definition) is 9. The van der Waals surface area contributed by atoms with E-state index in [0.29, 0.717) is 0 Å². The van der Waals surface area contributed by atoms with E-state index in [2.05, 4.69) is 32.0 Å². The molecule has 0 aromatic carbocycles.